The molecule has 5 aromatic rings. The predicted octanol–water partition coefficient (Wildman–Crippen LogP) is 2.94. The summed E-state index contributed by atoms with van der Waals surface area (Å²) in [5.41, 5.74) is 6.16. The molecule has 1 saturated heterocycles. The number of halogens is 4. The predicted molar refractivity (Wildman–Crippen MR) is 183 cm³/mol. The molecule has 3 amide bonds. The van der Waals surface area contributed by atoms with E-state index in [1.54, 1.807) is 24.4 Å². The Kier molecular flexibility index (Phi) is 10.5. The van der Waals surface area contributed by atoms with Crippen molar-refractivity contribution in [3.8, 4) is 0 Å². The summed E-state index contributed by atoms with van der Waals surface area (Å²) in [5, 5.41) is 26.7. The van der Waals surface area contributed by atoms with Crippen molar-refractivity contribution in [3.63, 3.8) is 0 Å². The van der Waals surface area contributed by atoms with Crippen LogP contribution in [0.4, 0.5) is 31.0 Å². The zero-order valence-corrected chi connectivity index (χ0v) is 28.6. The first-order chi connectivity index (χ1) is 24.7. The molecule has 17 nitrogen and oxygen atoms in total. The summed E-state index contributed by atoms with van der Waals surface area (Å²) in [6.07, 6.45) is -3.33. The Labute approximate surface area is 304 Å². The third kappa shape index (κ3) is 7.56. The fourth-order valence-corrected chi connectivity index (χ4v) is 6.63. The Bertz CT molecular complexity index is 2190. The third-order valence-electron chi connectivity index (χ3n) is 7.83. The number of H-pyrrole nitrogens is 1. The molecule has 4 atom stereocenters. The van der Waals surface area contributed by atoms with Crippen LogP contribution in [0, 0.1) is 0 Å². The number of alkyl halides is 2. The van der Waals surface area contributed by atoms with Crippen LogP contribution in [-0.2, 0) is 27.4 Å². The number of aliphatic hydroxyl groups is 2. The summed E-state index contributed by atoms with van der Waals surface area (Å²) in [5.74, 6) is -5.25. The average Bonchev–Trinajstić information content (AvgIpc) is 3.84. The number of benzene rings is 1. The van der Waals surface area contributed by atoms with Crippen molar-refractivity contribution in [2.45, 2.75) is 43.6 Å². The van der Waals surface area contributed by atoms with E-state index in [-0.39, 0.29) is 35.6 Å². The van der Waals surface area contributed by atoms with E-state index in [1.807, 2.05) is 0 Å². The van der Waals surface area contributed by atoms with Crippen LogP contribution < -0.4 is 27.4 Å². The van der Waals surface area contributed by atoms with Gasteiger partial charge in [-0.3, -0.25) is 19.5 Å². The summed E-state index contributed by atoms with van der Waals surface area (Å²) in [7, 11) is 0. The highest BCUT2D eigenvalue weighted by Crippen LogP contribution is 2.42. The van der Waals surface area contributed by atoms with E-state index in [9.17, 15) is 33.1 Å². The SMILES string of the molecule is Nc1nccn1C[C@@H](NC(=O)c1cc2sc(Cl)c(Cl)c2[nH]1)C(=O)Nc1ccc(COC(=O)Nc2ccn([C@@H]3O[C@H](CO)[C@@H](O)C3(F)F)c(=O)n2)cc1. The van der Waals surface area contributed by atoms with Gasteiger partial charge in [0.15, 0.2) is 12.1 Å². The number of carbonyl (C=O) groups is 3. The van der Waals surface area contributed by atoms with Crippen LogP contribution in [0.1, 0.15) is 22.3 Å². The number of ether oxygens (including phenoxy) is 2. The maximum atomic E-state index is 14.4. The van der Waals surface area contributed by atoms with Crippen LogP contribution in [0.3, 0.4) is 0 Å². The van der Waals surface area contributed by atoms with Gasteiger partial charge in [-0.05, 0) is 29.8 Å². The largest absolute Gasteiger partial charge is 0.444 e. The molecule has 52 heavy (non-hydrogen) atoms. The van der Waals surface area contributed by atoms with Crippen LogP contribution in [0.5, 0.6) is 0 Å². The number of nitrogens with two attached hydrogens (primary N) is 1. The molecule has 0 spiro atoms. The summed E-state index contributed by atoms with van der Waals surface area (Å²) >= 11 is 13.4. The van der Waals surface area contributed by atoms with Crippen LogP contribution in [0.2, 0.25) is 9.36 Å². The summed E-state index contributed by atoms with van der Waals surface area (Å²) < 4.78 is 41.8. The van der Waals surface area contributed by atoms with E-state index >= 15 is 0 Å². The molecule has 0 radical (unpaired) electrons. The maximum absolute atomic E-state index is 14.4. The minimum atomic E-state index is -3.90. The molecule has 1 aliphatic rings. The van der Waals surface area contributed by atoms with Crippen molar-refractivity contribution in [2.24, 2.45) is 0 Å². The number of nitrogens with zero attached hydrogens (tertiary/aromatic N) is 4. The molecule has 1 aromatic carbocycles. The molecular formula is C30H27Cl2F2N9O8S. The fraction of sp³-hybridized carbons (Fsp3) is 0.267. The second kappa shape index (κ2) is 14.9. The maximum Gasteiger partial charge on any atom is 0.413 e. The number of aromatic amines is 1. The van der Waals surface area contributed by atoms with Gasteiger partial charge in [0.1, 0.15) is 34.6 Å². The molecule has 5 heterocycles. The number of aliphatic hydroxyl groups excluding tert-OH is 2. The lowest BCUT2D eigenvalue weighted by Crippen LogP contribution is -2.46. The summed E-state index contributed by atoms with van der Waals surface area (Å²) in [6.45, 7) is -1.20. The van der Waals surface area contributed by atoms with E-state index in [2.05, 4.69) is 30.9 Å². The number of hydrogen-bond donors (Lipinski definition) is 7. The number of anilines is 3. The highest BCUT2D eigenvalue weighted by atomic mass is 35.5. The van der Waals surface area contributed by atoms with Crippen molar-refractivity contribution in [1.29, 1.82) is 0 Å². The molecule has 22 heteroatoms. The second-order valence-corrected chi connectivity index (χ2v) is 13.3. The van der Waals surface area contributed by atoms with Crippen molar-refractivity contribution in [1.82, 2.24) is 29.4 Å². The standard InChI is InChI=1S/C30H27Cl2F2N9O8S/c31-20-21-18(52-23(20)32)9-15(38-21)24(46)39-16(10-42-8-6-36-27(42)35)25(47)37-14-3-1-13(2-4-14)12-50-29(49)41-19-5-7-43(28(48)40-19)26-30(33,34)22(45)17(11-44)51-26/h1-9,16-17,22,26,38,44-45H,10-12H2,(H2,35,36)(H,37,47)(H,39,46)(H,40,41,48,49)/t16-,17-,22-,26-/m1/s1. The van der Waals surface area contributed by atoms with Gasteiger partial charge in [-0.1, -0.05) is 35.3 Å². The first-order valence-electron chi connectivity index (χ1n) is 15.0. The van der Waals surface area contributed by atoms with E-state index in [0.29, 0.717) is 30.4 Å². The van der Waals surface area contributed by atoms with Gasteiger partial charge in [0.2, 0.25) is 12.1 Å². The van der Waals surface area contributed by atoms with Gasteiger partial charge in [-0.2, -0.15) is 13.8 Å². The fourth-order valence-electron chi connectivity index (χ4n) is 5.15. The molecule has 0 unspecified atom stereocenters. The normalized spacial score (nSPS) is 18.6. The molecule has 0 bridgehead atoms. The minimum Gasteiger partial charge on any atom is -0.444 e. The van der Waals surface area contributed by atoms with Crippen LogP contribution in [0.25, 0.3) is 10.2 Å². The number of rotatable bonds is 11. The minimum absolute atomic E-state index is 0.0512. The van der Waals surface area contributed by atoms with Crippen LogP contribution >= 0.6 is 34.5 Å². The number of hydrogen-bond acceptors (Lipinski definition) is 12. The molecule has 1 fully saturated rings. The number of aromatic nitrogens is 5. The number of nitrogens with one attached hydrogen (secondary N) is 4. The second-order valence-electron chi connectivity index (χ2n) is 11.3. The Morgan fingerprint density at radius 1 is 1.17 bits per heavy atom. The highest BCUT2D eigenvalue weighted by molar-refractivity contribution is 7.23. The lowest BCUT2D eigenvalue weighted by molar-refractivity contribution is -0.140. The van der Waals surface area contributed by atoms with E-state index in [1.165, 1.54) is 34.2 Å². The van der Waals surface area contributed by atoms with Gasteiger partial charge < -0.3 is 45.6 Å². The first kappa shape index (κ1) is 36.7. The lowest BCUT2D eigenvalue weighted by atomic mass is 10.1. The number of thiophene rings is 1. The van der Waals surface area contributed by atoms with Gasteiger partial charge in [0.05, 0.1) is 28.4 Å². The molecular weight excluding hydrogens is 755 g/mol. The van der Waals surface area contributed by atoms with E-state index in [4.69, 9.17) is 43.5 Å². The zero-order chi connectivity index (χ0) is 37.3. The summed E-state index contributed by atoms with van der Waals surface area (Å²) in [4.78, 5) is 61.7. The lowest BCUT2D eigenvalue weighted by Gasteiger charge is -2.21. The van der Waals surface area contributed by atoms with Gasteiger partial charge in [-0.15, -0.1) is 11.3 Å². The Balaban J connectivity index is 1.05. The quantitative estimate of drug-likeness (QED) is 0.103. The highest BCUT2D eigenvalue weighted by Gasteiger charge is 2.59. The zero-order valence-electron chi connectivity index (χ0n) is 26.3. The van der Waals surface area contributed by atoms with Gasteiger partial charge >= 0.3 is 17.7 Å². The average molecular weight is 783 g/mol. The van der Waals surface area contributed by atoms with Crippen molar-refractivity contribution in [2.75, 3.05) is 23.0 Å². The molecule has 1 aliphatic heterocycles. The third-order valence-corrected chi connectivity index (χ3v) is 9.76. The van der Waals surface area contributed by atoms with Crippen molar-refractivity contribution >= 4 is 80.1 Å². The number of fused-ring (bicyclic) bond motifs is 1. The molecule has 6 rings (SSSR count). The topological polar surface area (TPSA) is 241 Å². The van der Waals surface area contributed by atoms with Crippen LogP contribution in [-0.4, -0.2) is 83.0 Å². The smallest absolute Gasteiger partial charge is 0.413 e. The van der Waals surface area contributed by atoms with Gasteiger partial charge in [-0.25, -0.2) is 14.6 Å². The molecule has 8 N–H and O–H groups in total. The van der Waals surface area contributed by atoms with E-state index < -0.39 is 60.6 Å². The Morgan fingerprint density at radius 2 is 1.92 bits per heavy atom. The van der Waals surface area contributed by atoms with E-state index in [0.717, 1.165) is 12.3 Å². The number of carbonyl (C=O) groups excluding carboxylic acids is 3. The number of nitrogen functional groups attached to an aromatic ring is 1. The Morgan fingerprint density at radius 3 is 2.56 bits per heavy atom. The van der Waals surface area contributed by atoms with Gasteiger partial charge in [0.25, 0.3) is 5.91 Å². The number of amides is 3. The molecule has 0 saturated carbocycles. The molecule has 0 aliphatic carbocycles. The monoisotopic (exact) mass is 781 g/mol. The van der Waals surface area contributed by atoms with Crippen molar-refractivity contribution < 1.29 is 42.9 Å². The molecule has 274 valence electrons. The van der Waals surface area contributed by atoms with Crippen LogP contribution in [0.15, 0.2) is 59.8 Å². The van der Waals surface area contributed by atoms with Crippen molar-refractivity contribution in [3.05, 3.63) is 86.1 Å². The Hall–Kier alpha value is -5.12. The summed E-state index contributed by atoms with van der Waals surface area (Å²) in [6, 6.07) is 7.67. The van der Waals surface area contributed by atoms with Gasteiger partial charge in [0, 0.05) is 24.3 Å². The number of imidazole rings is 1. The molecule has 4 aromatic heterocycles. The first-order valence-corrected chi connectivity index (χ1v) is 16.6.